The van der Waals surface area contributed by atoms with Crippen molar-refractivity contribution in [3.05, 3.63) is 42.0 Å². The van der Waals surface area contributed by atoms with Gasteiger partial charge in [-0.3, -0.25) is 15.0 Å². The molecule has 1 aromatic carbocycles. The van der Waals surface area contributed by atoms with Crippen molar-refractivity contribution < 1.29 is 27.6 Å². The summed E-state index contributed by atoms with van der Waals surface area (Å²) in [5.41, 5.74) is 11.5. The molecule has 10 nitrogen and oxygen atoms in total. The Morgan fingerprint density at radius 3 is 2.50 bits per heavy atom. The highest BCUT2D eigenvalue weighted by Crippen LogP contribution is 2.26. The molecule has 1 aliphatic rings. The number of carbonyl (C=O) groups excluding carboxylic acids is 2. The van der Waals surface area contributed by atoms with Gasteiger partial charge in [-0.05, 0) is 37.2 Å². The molecular formula is C25H40N4O6S. The van der Waals surface area contributed by atoms with E-state index in [1.807, 2.05) is 56.3 Å². The van der Waals surface area contributed by atoms with Crippen molar-refractivity contribution in [2.75, 3.05) is 26.0 Å². The summed E-state index contributed by atoms with van der Waals surface area (Å²) in [6.07, 6.45) is 7.33. The Morgan fingerprint density at radius 2 is 1.92 bits per heavy atom. The fourth-order valence-electron chi connectivity index (χ4n) is 3.96. The number of hydrogen-bond acceptors (Lipinski definition) is 7. The molecule has 36 heavy (non-hydrogen) atoms. The van der Waals surface area contributed by atoms with Crippen LogP contribution in [0.5, 0.6) is 0 Å². The first-order chi connectivity index (χ1) is 17.1. The summed E-state index contributed by atoms with van der Waals surface area (Å²) >= 11 is 0. The Kier molecular flexibility index (Phi) is 12.5. The molecule has 0 radical (unpaired) electrons. The van der Waals surface area contributed by atoms with Crippen LogP contribution in [-0.2, 0) is 29.2 Å². The molecule has 1 aromatic rings. The molecule has 3 atom stereocenters. The molecule has 2 amide bonds. The van der Waals surface area contributed by atoms with E-state index in [2.05, 4.69) is 10.9 Å². The van der Waals surface area contributed by atoms with Crippen molar-refractivity contribution in [1.29, 1.82) is 0 Å². The van der Waals surface area contributed by atoms with E-state index in [9.17, 15) is 18.0 Å². The standard InChI is InChI=1S/C25H40N4O6S/c1-19(2)18-22(24(30)27-29(16-15-26)36(3,32)33)21(13-9-12-20-10-5-4-6-11-20)25(31)28-35-23-14-7-8-17-34-23/h4-6,9-12,19,21-23H,7-8,13-18,26H2,1-3H3,(H,27,30)(H,28,31)/b12-9+/t21-,22+,23?/m0/s1. The molecule has 1 aliphatic heterocycles. The van der Waals surface area contributed by atoms with Gasteiger partial charge in [0.15, 0.2) is 6.29 Å². The zero-order valence-corrected chi connectivity index (χ0v) is 22.2. The number of nitrogens with zero attached hydrogens (tertiary/aromatic N) is 1. The average molecular weight is 525 g/mol. The molecule has 0 saturated carbocycles. The van der Waals surface area contributed by atoms with Crippen molar-refractivity contribution in [3.8, 4) is 0 Å². The Balaban J connectivity index is 2.26. The van der Waals surface area contributed by atoms with Gasteiger partial charge in [0.25, 0.3) is 0 Å². The van der Waals surface area contributed by atoms with Gasteiger partial charge in [-0.1, -0.05) is 56.3 Å². The first-order valence-corrected chi connectivity index (χ1v) is 14.2. The van der Waals surface area contributed by atoms with Crippen LogP contribution in [-0.4, -0.2) is 56.9 Å². The number of rotatable bonds is 14. The number of hydrazine groups is 1. The molecule has 0 bridgehead atoms. The first-order valence-electron chi connectivity index (χ1n) is 12.4. The van der Waals surface area contributed by atoms with Gasteiger partial charge in [0.05, 0.1) is 18.1 Å². The van der Waals surface area contributed by atoms with Crippen LogP contribution in [0.25, 0.3) is 6.08 Å². The predicted molar refractivity (Wildman–Crippen MR) is 138 cm³/mol. The largest absolute Gasteiger partial charge is 0.350 e. The third kappa shape index (κ3) is 10.4. The maximum atomic E-state index is 13.4. The topological polar surface area (TPSA) is 140 Å². The summed E-state index contributed by atoms with van der Waals surface area (Å²) in [6.45, 7) is 4.39. The summed E-state index contributed by atoms with van der Waals surface area (Å²) in [5, 5.41) is 0. The molecule has 1 unspecified atom stereocenters. The normalized spacial score (nSPS) is 18.3. The van der Waals surface area contributed by atoms with Crippen LogP contribution >= 0.6 is 0 Å². The fraction of sp³-hybridized carbons (Fsp3) is 0.600. The Labute approximate surface area is 214 Å². The average Bonchev–Trinajstić information content (AvgIpc) is 2.84. The lowest BCUT2D eigenvalue weighted by molar-refractivity contribution is -0.203. The van der Waals surface area contributed by atoms with Gasteiger partial charge in [-0.2, -0.15) is 0 Å². The molecule has 1 saturated heterocycles. The van der Waals surface area contributed by atoms with Gasteiger partial charge in [0.2, 0.25) is 21.8 Å². The van der Waals surface area contributed by atoms with Crippen LogP contribution in [0.15, 0.2) is 36.4 Å². The van der Waals surface area contributed by atoms with Crippen molar-refractivity contribution in [1.82, 2.24) is 15.3 Å². The third-order valence-electron chi connectivity index (χ3n) is 5.78. The first kappa shape index (κ1) is 29.9. The van der Waals surface area contributed by atoms with E-state index in [1.165, 1.54) is 0 Å². The van der Waals surface area contributed by atoms with E-state index in [0.717, 1.165) is 29.1 Å². The summed E-state index contributed by atoms with van der Waals surface area (Å²) in [7, 11) is -3.74. The van der Waals surface area contributed by atoms with Crippen LogP contribution in [0.4, 0.5) is 0 Å². The minimum absolute atomic E-state index is 0.0289. The zero-order valence-electron chi connectivity index (χ0n) is 21.4. The number of allylic oxidation sites excluding steroid dienone is 1. The van der Waals surface area contributed by atoms with E-state index in [1.54, 1.807) is 0 Å². The van der Waals surface area contributed by atoms with Crippen LogP contribution in [0.1, 0.15) is 51.5 Å². The van der Waals surface area contributed by atoms with Gasteiger partial charge in [-0.25, -0.2) is 18.7 Å². The maximum Gasteiger partial charge on any atom is 0.247 e. The monoisotopic (exact) mass is 524 g/mol. The quantitative estimate of drug-likeness (QED) is 0.317. The number of benzene rings is 1. The van der Waals surface area contributed by atoms with Crippen LogP contribution in [0.3, 0.4) is 0 Å². The minimum atomic E-state index is -3.74. The highest BCUT2D eigenvalue weighted by molar-refractivity contribution is 7.88. The van der Waals surface area contributed by atoms with Crippen molar-refractivity contribution in [3.63, 3.8) is 0 Å². The molecule has 1 heterocycles. The fourth-order valence-corrected chi connectivity index (χ4v) is 4.65. The van der Waals surface area contributed by atoms with E-state index in [0.29, 0.717) is 19.4 Å². The molecular weight excluding hydrogens is 484 g/mol. The number of hydrogen-bond donors (Lipinski definition) is 3. The van der Waals surface area contributed by atoms with E-state index < -0.39 is 40.0 Å². The lowest BCUT2D eigenvalue weighted by atomic mass is 9.82. The van der Waals surface area contributed by atoms with Crippen LogP contribution in [0.2, 0.25) is 0 Å². The number of amides is 2. The van der Waals surface area contributed by atoms with Gasteiger partial charge in [0, 0.05) is 26.1 Å². The Morgan fingerprint density at radius 1 is 1.19 bits per heavy atom. The molecule has 202 valence electrons. The maximum absolute atomic E-state index is 13.4. The second-order valence-corrected chi connectivity index (χ2v) is 11.3. The van der Waals surface area contributed by atoms with Crippen molar-refractivity contribution in [2.45, 2.75) is 52.2 Å². The number of sulfonamides is 1. The SMILES string of the molecule is CC(C)C[C@@H](C(=O)NN(CCN)S(C)(=O)=O)[C@H](C/C=C/c1ccccc1)C(=O)NOC1CCCCO1. The van der Waals surface area contributed by atoms with Gasteiger partial charge < -0.3 is 10.5 Å². The number of ether oxygens (including phenoxy) is 1. The molecule has 2 rings (SSSR count). The Bertz CT molecular complexity index is 949. The van der Waals surface area contributed by atoms with E-state index in [-0.39, 0.29) is 25.4 Å². The second kappa shape index (κ2) is 15.1. The minimum Gasteiger partial charge on any atom is -0.350 e. The number of carbonyl (C=O) groups is 2. The van der Waals surface area contributed by atoms with Crippen LogP contribution in [0, 0.1) is 17.8 Å². The second-order valence-electron chi connectivity index (χ2n) is 9.37. The zero-order chi connectivity index (χ0) is 26.6. The van der Waals surface area contributed by atoms with E-state index >= 15 is 0 Å². The predicted octanol–water partition coefficient (Wildman–Crippen LogP) is 2.19. The van der Waals surface area contributed by atoms with Crippen molar-refractivity contribution in [2.24, 2.45) is 23.5 Å². The van der Waals surface area contributed by atoms with Crippen LogP contribution < -0.4 is 16.6 Å². The molecule has 1 fully saturated rings. The Hall–Kier alpha value is -2.31. The van der Waals surface area contributed by atoms with Gasteiger partial charge in [-0.15, -0.1) is 4.41 Å². The molecule has 0 aliphatic carbocycles. The summed E-state index contributed by atoms with van der Waals surface area (Å²) < 4.78 is 30.6. The highest BCUT2D eigenvalue weighted by Gasteiger charge is 2.36. The smallest absolute Gasteiger partial charge is 0.247 e. The number of hydroxylamine groups is 1. The summed E-state index contributed by atoms with van der Waals surface area (Å²) in [4.78, 5) is 32.2. The molecule has 0 aromatic heterocycles. The molecule has 4 N–H and O–H groups in total. The third-order valence-corrected chi connectivity index (χ3v) is 6.86. The highest BCUT2D eigenvalue weighted by atomic mass is 32.2. The van der Waals surface area contributed by atoms with E-state index in [4.69, 9.17) is 15.3 Å². The lowest BCUT2D eigenvalue weighted by Gasteiger charge is -2.29. The molecule has 11 heteroatoms. The van der Waals surface area contributed by atoms with Gasteiger partial charge in [0.1, 0.15) is 0 Å². The molecule has 0 spiro atoms. The lowest BCUT2D eigenvalue weighted by Crippen LogP contribution is -2.52. The number of nitrogens with one attached hydrogen (secondary N) is 2. The summed E-state index contributed by atoms with van der Waals surface area (Å²) in [5.74, 6) is -2.59. The van der Waals surface area contributed by atoms with Crippen molar-refractivity contribution >= 4 is 27.9 Å². The number of nitrogens with two attached hydrogens (primary N) is 1. The van der Waals surface area contributed by atoms with Gasteiger partial charge >= 0.3 is 0 Å². The summed E-state index contributed by atoms with van der Waals surface area (Å²) in [6, 6.07) is 9.60.